The summed E-state index contributed by atoms with van der Waals surface area (Å²) in [7, 11) is 0. The lowest BCUT2D eigenvalue weighted by atomic mass is 9.96. The highest BCUT2D eigenvalue weighted by Crippen LogP contribution is 2.30. The largest absolute Gasteiger partial charge is 0.370 e. The molecule has 0 radical (unpaired) electrons. The number of anilines is 1. The minimum atomic E-state index is -0.265. The molecule has 4 heteroatoms. The predicted molar refractivity (Wildman–Crippen MR) is 101 cm³/mol. The molecule has 0 bridgehead atoms. The third-order valence-corrected chi connectivity index (χ3v) is 3.88. The van der Waals surface area contributed by atoms with Gasteiger partial charge in [0.05, 0.1) is 5.56 Å². The van der Waals surface area contributed by atoms with Crippen LogP contribution in [0.4, 0.5) is 10.2 Å². The molecule has 0 saturated heterocycles. The molecule has 3 nitrogen and oxygen atoms in total. The molecule has 0 amide bonds. The van der Waals surface area contributed by atoms with E-state index in [4.69, 9.17) is 0 Å². The van der Waals surface area contributed by atoms with Gasteiger partial charge in [-0.25, -0.2) is 9.37 Å². The Morgan fingerprint density at radius 1 is 1.32 bits per heavy atom. The van der Waals surface area contributed by atoms with Crippen molar-refractivity contribution in [3.05, 3.63) is 65.1 Å². The molecule has 0 saturated carbocycles. The molecule has 0 aliphatic heterocycles. The maximum atomic E-state index is 13.3. The van der Waals surface area contributed by atoms with Crippen molar-refractivity contribution in [1.82, 2.24) is 4.98 Å². The molecule has 2 rings (SSSR count). The minimum Gasteiger partial charge on any atom is -0.370 e. The number of nitriles is 1. The van der Waals surface area contributed by atoms with Crippen LogP contribution in [-0.2, 0) is 0 Å². The summed E-state index contributed by atoms with van der Waals surface area (Å²) in [5, 5.41) is 12.6. The number of aromatic nitrogens is 1. The molecule has 25 heavy (non-hydrogen) atoms. The van der Waals surface area contributed by atoms with Crippen molar-refractivity contribution in [2.45, 2.75) is 33.6 Å². The van der Waals surface area contributed by atoms with Crippen molar-refractivity contribution in [1.29, 1.82) is 5.26 Å². The highest BCUT2D eigenvalue weighted by molar-refractivity contribution is 5.85. The number of halogens is 1. The molecule has 0 atom stereocenters. The first-order valence-corrected chi connectivity index (χ1v) is 8.65. The maximum absolute atomic E-state index is 13.3. The van der Waals surface area contributed by atoms with Crippen molar-refractivity contribution >= 4 is 11.4 Å². The smallest absolute Gasteiger partial charge is 0.133 e. The molecule has 2 aromatic rings. The number of hydrogen-bond acceptors (Lipinski definition) is 3. The van der Waals surface area contributed by atoms with Crippen LogP contribution in [0.5, 0.6) is 0 Å². The lowest BCUT2D eigenvalue weighted by Crippen LogP contribution is -2.09. The Hall–Kier alpha value is -2.67. The van der Waals surface area contributed by atoms with E-state index < -0.39 is 0 Å². The van der Waals surface area contributed by atoms with Crippen LogP contribution in [0.2, 0.25) is 0 Å². The zero-order valence-electron chi connectivity index (χ0n) is 15.0. The SMILES string of the molecule is CCC=C(c1ccc(F)cc1)c1cc(C#N)cnc1NCCC(C)C. The number of benzene rings is 1. The average Bonchev–Trinajstić information content (AvgIpc) is 2.60. The standard InChI is InChI=1S/C21H24FN3/c1-4-5-19(17-6-8-18(22)9-7-17)20-12-16(13-23)14-25-21(20)24-11-10-15(2)3/h5-9,12,14-15H,4,10-11H2,1-3H3,(H,24,25). The van der Waals surface area contributed by atoms with Crippen LogP contribution in [-0.4, -0.2) is 11.5 Å². The normalized spacial score (nSPS) is 11.4. The van der Waals surface area contributed by atoms with Gasteiger partial charge in [0.15, 0.2) is 0 Å². The molecular formula is C21H24FN3. The van der Waals surface area contributed by atoms with E-state index in [2.05, 4.69) is 43.2 Å². The first-order valence-electron chi connectivity index (χ1n) is 8.65. The van der Waals surface area contributed by atoms with Crippen LogP contribution >= 0.6 is 0 Å². The van der Waals surface area contributed by atoms with Crippen molar-refractivity contribution in [2.24, 2.45) is 5.92 Å². The number of pyridine rings is 1. The number of allylic oxidation sites excluding steroid dienone is 1. The fourth-order valence-electron chi connectivity index (χ4n) is 2.57. The number of hydrogen-bond donors (Lipinski definition) is 1. The van der Waals surface area contributed by atoms with Gasteiger partial charge in [0, 0.05) is 18.3 Å². The zero-order chi connectivity index (χ0) is 18.2. The van der Waals surface area contributed by atoms with Gasteiger partial charge in [0.2, 0.25) is 0 Å². The minimum absolute atomic E-state index is 0.265. The zero-order valence-corrected chi connectivity index (χ0v) is 15.0. The van der Waals surface area contributed by atoms with Crippen molar-refractivity contribution in [3.8, 4) is 6.07 Å². The fourth-order valence-corrected chi connectivity index (χ4v) is 2.57. The van der Waals surface area contributed by atoms with E-state index in [1.165, 1.54) is 12.1 Å². The predicted octanol–water partition coefficient (Wildman–Crippen LogP) is 5.39. The molecule has 0 aliphatic rings. The van der Waals surface area contributed by atoms with Gasteiger partial charge in [-0.3, -0.25) is 0 Å². The molecule has 0 aliphatic carbocycles. The van der Waals surface area contributed by atoms with Crippen LogP contribution < -0.4 is 5.32 Å². The summed E-state index contributed by atoms with van der Waals surface area (Å²) in [6.07, 6.45) is 5.52. The van der Waals surface area contributed by atoms with Crippen LogP contribution in [0, 0.1) is 23.1 Å². The molecule has 1 N–H and O–H groups in total. The average molecular weight is 337 g/mol. The second-order valence-corrected chi connectivity index (χ2v) is 6.37. The third kappa shape index (κ3) is 5.15. The maximum Gasteiger partial charge on any atom is 0.133 e. The lowest BCUT2D eigenvalue weighted by molar-refractivity contribution is 0.606. The molecule has 130 valence electrons. The highest BCUT2D eigenvalue weighted by Gasteiger charge is 2.13. The van der Waals surface area contributed by atoms with Gasteiger partial charge in [0.1, 0.15) is 17.7 Å². The molecule has 1 aromatic carbocycles. The van der Waals surface area contributed by atoms with E-state index in [1.807, 2.05) is 6.07 Å². The topological polar surface area (TPSA) is 48.7 Å². The monoisotopic (exact) mass is 337 g/mol. The molecule has 1 aromatic heterocycles. The number of rotatable bonds is 7. The third-order valence-electron chi connectivity index (χ3n) is 3.88. The lowest BCUT2D eigenvalue weighted by Gasteiger charge is -2.15. The van der Waals surface area contributed by atoms with E-state index in [0.717, 1.165) is 41.9 Å². The Kier molecular flexibility index (Phi) is 6.71. The summed E-state index contributed by atoms with van der Waals surface area (Å²) in [4.78, 5) is 4.44. The van der Waals surface area contributed by atoms with Gasteiger partial charge in [0.25, 0.3) is 0 Å². The Balaban J connectivity index is 2.45. The van der Waals surface area contributed by atoms with E-state index in [1.54, 1.807) is 18.3 Å². The highest BCUT2D eigenvalue weighted by atomic mass is 19.1. The van der Waals surface area contributed by atoms with Crippen LogP contribution in [0.15, 0.2) is 42.6 Å². The van der Waals surface area contributed by atoms with Crippen molar-refractivity contribution < 1.29 is 4.39 Å². The summed E-state index contributed by atoms with van der Waals surface area (Å²) in [6, 6.07) is 10.4. The van der Waals surface area contributed by atoms with Crippen LogP contribution in [0.25, 0.3) is 5.57 Å². The Morgan fingerprint density at radius 3 is 2.64 bits per heavy atom. The molecule has 1 heterocycles. The van der Waals surface area contributed by atoms with Crippen molar-refractivity contribution in [2.75, 3.05) is 11.9 Å². The van der Waals surface area contributed by atoms with Gasteiger partial charge in [-0.2, -0.15) is 5.26 Å². The molecule has 0 spiro atoms. The molecule has 0 fully saturated rings. The number of nitrogens with one attached hydrogen (secondary N) is 1. The second kappa shape index (κ2) is 8.98. The van der Waals surface area contributed by atoms with E-state index in [-0.39, 0.29) is 5.82 Å². The van der Waals surface area contributed by atoms with Gasteiger partial charge in [-0.15, -0.1) is 0 Å². The van der Waals surface area contributed by atoms with Gasteiger partial charge < -0.3 is 5.32 Å². The first-order chi connectivity index (χ1) is 12.0. The summed E-state index contributed by atoms with van der Waals surface area (Å²) in [5.74, 6) is 1.08. The van der Waals surface area contributed by atoms with E-state index >= 15 is 0 Å². The number of nitrogens with zero attached hydrogens (tertiary/aromatic N) is 2. The summed E-state index contributed by atoms with van der Waals surface area (Å²) in [5.41, 5.74) is 3.25. The molecule has 0 unspecified atom stereocenters. The van der Waals surface area contributed by atoms with Gasteiger partial charge in [-0.1, -0.05) is 39.0 Å². The Labute approximate surface area is 149 Å². The summed E-state index contributed by atoms with van der Waals surface area (Å²) < 4.78 is 13.3. The Bertz CT molecular complexity index is 771. The Morgan fingerprint density at radius 2 is 2.04 bits per heavy atom. The van der Waals surface area contributed by atoms with Crippen molar-refractivity contribution in [3.63, 3.8) is 0 Å². The van der Waals surface area contributed by atoms with Gasteiger partial charge >= 0.3 is 0 Å². The van der Waals surface area contributed by atoms with E-state index in [9.17, 15) is 9.65 Å². The van der Waals surface area contributed by atoms with E-state index in [0.29, 0.717) is 11.5 Å². The fraction of sp³-hybridized carbons (Fsp3) is 0.333. The van der Waals surface area contributed by atoms with Crippen LogP contribution in [0.3, 0.4) is 0 Å². The van der Waals surface area contributed by atoms with Crippen LogP contribution in [0.1, 0.15) is 50.3 Å². The quantitative estimate of drug-likeness (QED) is 0.736. The molecular weight excluding hydrogens is 313 g/mol. The first kappa shape index (κ1) is 18.7. The second-order valence-electron chi connectivity index (χ2n) is 6.37. The van der Waals surface area contributed by atoms with Gasteiger partial charge in [-0.05, 0) is 48.1 Å². The summed E-state index contributed by atoms with van der Waals surface area (Å²) in [6.45, 7) is 7.22. The summed E-state index contributed by atoms with van der Waals surface area (Å²) >= 11 is 0.